The molecule has 2 aromatic carbocycles. The highest BCUT2D eigenvalue weighted by Gasteiger charge is 2.32. The largest absolute Gasteiger partial charge is 0.476 e. The van der Waals surface area contributed by atoms with E-state index >= 15 is 0 Å². The van der Waals surface area contributed by atoms with Gasteiger partial charge in [-0.15, -0.1) is 5.10 Å². The number of hydrogen-bond donors (Lipinski definition) is 1. The molecule has 2 fully saturated rings. The topological polar surface area (TPSA) is 152 Å². The number of anilines is 2. The number of benzene rings is 2. The molecule has 1 N–H and O–H groups in total. The van der Waals surface area contributed by atoms with Crippen molar-refractivity contribution in [2.45, 2.75) is 97.2 Å². The van der Waals surface area contributed by atoms with E-state index < -0.39 is 33.9 Å². The number of carbonyl (C=O) groups excluding carboxylic acids is 1. The molecule has 2 aromatic heterocycles. The van der Waals surface area contributed by atoms with Gasteiger partial charge in [-0.2, -0.15) is 10.1 Å². The second-order valence-corrected chi connectivity index (χ2v) is 15.3. The Bertz CT molecular complexity index is 1850. The molecule has 0 aliphatic carbocycles. The van der Waals surface area contributed by atoms with Crippen LogP contribution in [0, 0.1) is 0 Å². The first-order chi connectivity index (χ1) is 23.4. The van der Waals surface area contributed by atoms with Crippen LogP contribution in [0.15, 0.2) is 48.7 Å². The van der Waals surface area contributed by atoms with Gasteiger partial charge in [0.2, 0.25) is 16.0 Å². The second-order valence-electron chi connectivity index (χ2n) is 13.6. The van der Waals surface area contributed by atoms with Crippen LogP contribution < -0.4 is 14.4 Å². The van der Waals surface area contributed by atoms with E-state index in [9.17, 15) is 13.2 Å². The molecule has 2 atom stereocenters. The van der Waals surface area contributed by atoms with E-state index in [1.807, 2.05) is 43.7 Å². The SMILES string of the molecule is CC(C)NS(=O)(=O)COc1ccc(-c2nc(N(C(=O)OC(C)(C)C)c3ccc4c(cnn4C4CCCCO4)c3)nn2C2CCCCO2)cc1. The molecule has 0 saturated carbocycles. The van der Waals surface area contributed by atoms with Gasteiger partial charge in [0.05, 0.1) is 17.4 Å². The van der Waals surface area contributed by atoms with Gasteiger partial charge in [0.1, 0.15) is 11.4 Å². The van der Waals surface area contributed by atoms with Crippen LogP contribution in [0.2, 0.25) is 0 Å². The maximum Gasteiger partial charge on any atom is 0.421 e. The molecule has 49 heavy (non-hydrogen) atoms. The highest BCUT2D eigenvalue weighted by molar-refractivity contribution is 7.89. The van der Waals surface area contributed by atoms with E-state index in [-0.39, 0.29) is 18.2 Å². The summed E-state index contributed by atoms with van der Waals surface area (Å²) in [5.74, 6) is 0.454. The van der Waals surface area contributed by atoms with E-state index in [0.29, 0.717) is 36.0 Å². The zero-order valence-corrected chi connectivity index (χ0v) is 29.5. The summed E-state index contributed by atoms with van der Waals surface area (Å²) < 4.78 is 54.2. The van der Waals surface area contributed by atoms with Crippen LogP contribution >= 0.6 is 0 Å². The standard InChI is InChI=1S/C34H45N7O7S/c1-23(2)38-49(43,44)22-47-27-15-12-24(13-16-27)31-36-32(37-41(31)30-11-7-9-19-46-30)39(33(42)48-34(3,4)5)26-14-17-28-25(20-26)21-35-40(28)29-10-6-8-18-45-29/h12-17,20-21,23,29-30,38H,6-11,18-19,22H2,1-5H3. The lowest BCUT2D eigenvalue weighted by Crippen LogP contribution is -2.34. The van der Waals surface area contributed by atoms with Crippen molar-refractivity contribution in [1.82, 2.24) is 29.3 Å². The average molecular weight is 696 g/mol. The predicted molar refractivity (Wildman–Crippen MR) is 184 cm³/mol. The molecule has 0 radical (unpaired) electrons. The molecule has 2 aliphatic heterocycles. The highest BCUT2D eigenvalue weighted by Crippen LogP contribution is 2.35. The van der Waals surface area contributed by atoms with Gasteiger partial charge in [0, 0.05) is 30.2 Å². The summed E-state index contributed by atoms with van der Waals surface area (Å²) in [7, 11) is -3.61. The zero-order chi connectivity index (χ0) is 34.8. The average Bonchev–Trinajstić information content (AvgIpc) is 3.69. The number of sulfonamides is 1. The molecule has 6 rings (SSSR count). The Hall–Kier alpha value is -4.05. The molecule has 264 valence electrons. The molecule has 2 saturated heterocycles. The third-order valence-corrected chi connectivity index (χ3v) is 9.26. The van der Waals surface area contributed by atoms with Crippen molar-refractivity contribution in [3.8, 4) is 17.1 Å². The second kappa shape index (κ2) is 14.4. The molecule has 0 spiro atoms. The lowest BCUT2D eigenvalue weighted by atomic mass is 10.1. The number of amides is 1. The van der Waals surface area contributed by atoms with Crippen molar-refractivity contribution in [2.75, 3.05) is 24.1 Å². The first-order valence-corrected chi connectivity index (χ1v) is 18.5. The Morgan fingerprint density at radius 3 is 2.29 bits per heavy atom. The van der Waals surface area contributed by atoms with E-state index in [2.05, 4.69) is 9.82 Å². The van der Waals surface area contributed by atoms with Crippen LogP contribution in [0.1, 0.15) is 85.6 Å². The van der Waals surface area contributed by atoms with Gasteiger partial charge in [0.25, 0.3) is 5.95 Å². The Labute approximate surface area is 286 Å². The molecule has 4 aromatic rings. The molecule has 15 heteroatoms. The summed E-state index contributed by atoms with van der Waals surface area (Å²) in [5.41, 5.74) is 1.30. The van der Waals surface area contributed by atoms with Crippen molar-refractivity contribution in [2.24, 2.45) is 0 Å². The Morgan fingerprint density at radius 2 is 1.67 bits per heavy atom. The van der Waals surface area contributed by atoms with E-state index in [1.54, 1.807) is 49.0 Å². The van der Waals surface area contributed by atoms with E-state index in [4.69, 9.17) is 29.0 Å². The zero-order valence-electron chi connectivity index (χ0n) is 28.7. The van der Waals surface area contributed by atoms with Crippen molar-refractivity contribution in [3.63, 3.8) is 0 Å². The molecule has 2 aliphatic rings. The maximum absolute atomic E-state index is 13.9. The van der Waals surface area contributed by atoms with Crippen molar-refractivity contribution < 1.29 is 32.2 Å². The Balaban J connectivity index is 1.36. The lowest BCUT2D eigenvalue weighted by Gasteiger charge is -2.26. The van der Waals surface area contributed by atoms with Crippen LogP contribution in [0.5, 0.6) is 5.75 Å². The Morgan fingerprint density at radius 1 is 1.00 bits per heavy atom. The monoisotopic (exact) mass is 695 g/mol. The fourth-order valence-electron chi connectivity index (χ4n) is 5.90. The Kier molecular flexibility index (Phi) is 10.2. The van der Waals surface area contributed by atoms with Crippen molar-refractivity contribution in [3.05, 3.63) is 48.7 Å². The van der Waals surface area contributed by atoms with Gasteiger partial charge in [-0.05, 0) is 116 Å². The number of rotatable bonds is 10. The summed E-state index contributed by atoms with van der Waals surface area (Å²) in [4.78, 5) is 20.2. The summed E-state index contributed by atoms with van der Waals surface area (Å²) in [5, 5.41) is 10.3. The highest BCUT2D eigenvalue weighted by atomic mass is 32.2. The van der Waals surface area contributed by atoms with Gasteiger partial charge in [-0.25, -0.2) is 32.2 Å². The van der Waals surface area contributed by atoms with Crippen LogP contribution in [0.25, 0.3) is 22.3 Å². The number of ether oxygens (including phenoxy) is 4. The molecule has 4 heterocycles. The number of aromatic nitrogens is 5. The first kappa shape index (κ1) is 34.8. The molecular formula is C34H45N7O7S. The van der Waals surface area contributed by atoms with Gasteiger partial charge < -0.3 is 18.9 Å². The lowest BCUT2D eigenvalue weighted by molar-refractivity contribution is -0.0384. The number of carbonyl (C=O) groups is 1. The number of nitrogens with zero attached hydrogens (tertiary/aromatic N) is 6. The molecular weight excluding hydrogens is 650 g/mol. The first-order valence-electron chi connectivity index (χ1n) is 16.8. The summed E-state index contributed by atoms with van der Waals surface area (Å²) in [6.45, 7) is 10.2. The quantitative estimate of drug-likeness (QED) is 0.196. The number of hydrogen-bond acceptors (Lipinski definition) is 10. The van der Waals surface area contributed by atoms with Crippen molar-refractivity contribution >= 4 is 38.7 Å². The minimum Gasteiger partial charge on any atom is -0.476 e. The van der Waals surface area contributed by atoms with E-state index in [1.165, 1.54) is 4.90 Å². The minimum absolute atomic E-state index is 0.118. The summed E-state index contributed by atoms with van der Waals surface area (Å²) in [6, 6.07) is 12.3. The minimum atomic E-state index is -3.61. The van der Waals surface area contributed by atoms with Crippen LogP contribution in [-0.4, -0.2) is 69.9 Å². The number of nitrogens with one attached hydrogen (secondary N) is 1. The van der Waals surface area contributed by atoms with Crippen LogP contribution in [0.3, 0.4) is 0 Å². The third-order valence-electron chi connectivity index (χ3n) is 8.00. The third kappa shape index (κ3) is 8.40. The summed E-state index contributed by atoms with van der Waals surface area (Å²) in [6.07, 6.45) is 6.22. The van der Waals surface area contributed by atoms with Gasteiger partial charge in [0.15, 0.2) is 18.3 Å². The fourth-order valence-corrected chi connectivity index (χ4v) is 6.97. The fraction of sp³-hybridized carbons (Fsp3) is 0.529. The van der Waals surface area contributed by atoms with Crippen molar-refractivity contribution in [1.29, 1.82) is 0 Å². The van der Waals surface area contributed by atoms with E-state index in [0.717, 1.165) is 49.4 Å². The van der Waals surface area contributed by atoms with Gasteiger partial charge in [-0.1, -0.05) is 0 Å². The summed E-state index contributed by atoms with van der Waals surface area (Å²) >= 11 is 0. The molecule has 2 unspecified atom stereocenters. The van der Waals surface area contributed by atoms with Crippen LogP contribution in [0.4, 0.5) is 16.4 Å². The molecule has 0 bridgehead atoms. The maximum atomic E-state index is 13.9. The van der Waals surface area contributed by atoms with Gasteiger partial charge in [-0.3, -0.25) is 0 Å². The predicted octanol–water partition coefficient (Wildman–Crippen LogP) is 6.43. The van der Waals surface area contributed by atoms with Gasteiger partial charge >= 0.3 is 6.09 Å². The molecule has 14 nitrogen and oxygen atoms in total. The molecule has 1 amide bonds. The smallest absolute Gasteiger partial charge is 0.421 e. The number of fused-ring (bicyclic) bond motifs is 1. The van der Waals surface area contributed by atoms with Crippen LogP contribution in [-0.2, 0) is 24.2 Å². The normalized spacial score (nSPS) is 18.9.